The minimum absolute atomic E-state index is 0.0164. The van der Waals surface area contributed by atoms with Crippen molar-refractivity contribution in [2.75, 3.05) is 36.9 Å². The van der Waals surface area contributed by atoms with Crippen LogP contribution in [0.2, 0.25) is 5.02 Å². The normalized spacial score (nSPS) is 20.5. The van der Waals surface area contributed by atoms with Gasteiger partial charge in [-0.3, -0.25) is 24.0 Å². The number of amides is 4. The highest BCUT2D eigenvalue weighted by atomic mass is 35.5. The number of esters is 2. The fourth-order valence-electron chi connectivity index (χ4n) is 10.2. The first-order chi connectivity index (χ1) is 35.6. The molecule has 5 aromatic rings. The Morgan fingerprint density at radius 3 is 2.30 bits per heavy atom. The molecule has 76 heavy (non-hydrogen) atoms. The molecule has 3 aromatic carbocycles. The molecule has 3 N–H and O–H groups in total. The van der Waals surface area contributed by atoms with Gasteiger partial charge in [-0.25, -0.2) is 32.0 Å². The number of likely N-dealkylation sites (tertiary alicyclic amines) is 1. The van der Waals surface area contributed by atoms with Crippen molar-refractivity contribution >= 4 is 85.2 Å². The standard InChI is InChI=1S/C54H65ClFN7O11S2/c1-52(2,3)73-43(65)29-72-45-44(55)46(75-47(45)49(67)74-53(4,5)6)33-13-11-15-35(25-33)57-36-20-23-62(54(7,8)27-36)76(70,71)30-31-12-10-14-34(24-31)58-50(68)61-22-21-38(56)37(28-61)32-16-17-39-41(26-32)60(9)51(69)63(39)40-18-19-42(64)59-48(40)66/h10-17,24-26,36-38,40,57H,18-23,27-30H2,1-9H3,(H,58,68)(H,59,64,66)/t36-,37?,38?,40?/m0/s1. The summed E-state index contributed by atoms with van der Waals surface area (Å²) in [6, 6.07) is 17.7. The van der Waals surface area contributed by atoms with E-state index in [1.807, 2.05) is 38.1 Å². The largest absolute Gasteiger partial charge is 0.479 e. The molecule has 0 radical (unpaired) electrons. The van der Waals surface area contributed by atoms with E-state index < -0.39 is 87.0 Å². The topological polar surface area (TPSA) is 217 Å². The number of thiophene rings is 1. The van der Waals surface area contributed by atoms with Crippen LogP contribution in [0.4, 0.5) is 20.6 Å². The molecule has 4 amide bonds. The molecule has 3 fully saturated rings. The number of piperidine rings is 3. The predicted octanol–water partition coefficient (Wildman–Crippen LogP) is 8.92. The number of carbonyl (C=O) groups is 5. The van der Waals surface area contributed by atoms with E-state index in [0.29, 0.717) is 51.1 Å². The van der Waals surface area contributed by atoms with Crippen LogP contribution in [0.5, 0.6) is 5.75 Å². The lowest BCUT2D eigenvalue weighted by atomic mass is 9.88. The van der Waals surface area contributed by atoms with Crippen molar-refractivity contribution in [1.82, 2.24) is 23.7 Å². The van der Waals surface area contributed by atoms with E-state index in [2.05, 4.69) is 16.0 Å². The molecule has 18 nitrogen and oxygen atoms in total. The Morgan fingerprint density at radius 1 is 0.895 bits per heavy atom. The van der Waals surface area contributed by atoms with Gasteiger partial charge in [0.05, 0.1) is 21.7 Å². The molecular weight excluding hydrogens is 1040 g/mol. The maximum atomic E-state index is 15.7. The van der Waals surface area contributed by atoms with Crippen LogP contribution >= 0.6 is 22.9 Å². The average Bonchev–Trinajstić information content (AvgIpc) is 3.80. The number of ether oxygens (including phenoxy) is 3. The molecule has 408 valence electrons. The third-order valence-corrected chi connectivity index (χ3v) is 17.2. The van der Waals surface area contributed by atoms with Crippen molar-refractivity contribution < 1.29 is 51.0 Å². The first-order valence-electron chi connectivity index (χ1n) is 25.2. The number of anilines is 2. The number of sulfonamides is 1. The number of benzene rings is 3. The van der Waals surface area contributed by atoms with Crippen LogP contribution in [0, 0.1) is 0 Å². The number of fused-ring (bicyclic) bond motifs is 1. The molecule has 4 atom stereocenters. The van der Waals surface area contributed by atoms with E-state index in [0.717, 1.165) is 17.0 Å². The number of aromatic nitrogens is 2. The quantitative estimate of drug-likeness (QED) is 0.0744. The van der Waals surface area contributed by atoms with Gasteiger partial charge in [-0.15, -0.1) is 11.3 Å². The zero-order chi connectivity index (χ0) is 55.2. The van der Waals surface area contributed by atoms with Gasteiger partial charge in [-0.1, -0.05) is 41.9 Å². The Labute approximate surface area is 450 Å². The second-order valence-corrected chi connectivity index (χ2v) is 25.5. The number of aryl methyl sites for hydroxylation is 1. The zero-order valence-electron chi connectivity index (χ0n) is 44.1. The Hall–Kier alpha value is -6.29. The maximum Gasteiger partial charge on any atom is 0.352 e. The number of imide groups is 1. The fourth-order valence-corrected chi connectivity index (χ4v) is 13.6. The molecule has 5 heterocycles. The summed E-state index contributed by atoms with van der Waals surface area (Å²) in [7, 11) is -2.31. The third-order valence-electron chi connectivity index (χ3n) is 13.5. The Morgan fingerprint density at radius 2 is 1.61 bits per heavy atom. The van der Waals surface area contributed by atoms with Crippen molar-refractivity contribution in [2.45, 2.75) is 134 Å². The second kappa shape index (κ2) is 21.6. The first kappa shape index (κ1) is 55.9. The van der Waals surface area contributed by atoms with E-state index in [9.17, 15) is 37.2 Å². The second-order valence-electron chi connectivity index (χ2n) is 22.3. The summed E-state index contributed by atoms with van der Waals surface area (Å²) < 4.78 is 65.3. The number of halogens is 2. The molecule has 0 spiro atoms. The molecular formula is C54H65ClFN7O11S2. The summed E-state index contributed by atoms with van der Waals surface area (Å²) >= 11 is 8.00. The molecule has 3 aliphatic rings. The molecule has 3 aliphatic heterocycles. The first-order valence-corrected chi connectivity index (χ1v) is 28.0. The van der Waals surface area contributed by atoms with E-state index in [1.54, 1.807) is 91.1 Å². The summed E-state index contributed by atoms with van der Waals surface area (Å²) in [4.78, 5) is 79.8. The highest BCUT2D eigenvalue weighted by Crippen LogP contribution is 2.47. The van der Waals surface area contributed by atoms with Gasteiger partial charge in [0.25, 0.3) is 0 Å². The number of nitrogens with zero attached hydrogens (tertiary/aromatic N) is 4. The molecule has 0 bridgehead atoms. The van der Waals surface area contributed by atoms with Crippen molar-refractivity contribution in [3.8, 4) is 16.2 Å². The minimum Gasteiger partial charge on any atom is -0.479 e. The molecule has 22 heteroatoms. The van der Waals surface area contributed by atoms with E-state index >= 15 is 4.39 Å². The van der Waals surface area contributed by atoms with Gasteiger partial charge < -0.3 is 29.7 Å². The number of carbonyl (C=O) groups excluding carboxylic acids is 5. The smallest absolute Gasteiger partial charge is 0.352 e. The van der Waals surface area contributed by atoms with Gasteiger partial charge >= 0.3 is 23.7 Å². The number of rotatable bonds is 13. The molecule has 0 saturated carbocycles. The summed E-state index contributed by atoms with van der Waals surface area (Å²) in [6.45, 7) is 14.1. The number of alkyl halides is 1. The van der Waals surface area contributed by atoms with Crippen LogP contribution in [-0.4, -0.2) is 112 Å². The van der Waals surface area contributed by atoms with Gasteiger partial charge in [0.15, 0.2) is 17.2 Å². The van der Waals surface area contributed by atoms with E-state index in [1.165, 1.54) is 18.3 Å². The maximum absolute atomic E-state index is 15.7. The highest BCUT2D eigenvalue weighted by Gasteiger charge is 2.42. The fraction of sp³-hybridized carbons (Fsp3) is 0.481. The molecule has 0 aliphatic carbocycles. The molecule has 3 saturated heterocycles. The Balaban J connectivity index is 0.899. The van der Waals surface area contributed by atoms with Crippen molar-refractivity contribution in [2.24, 2.45) is 7.05 Å². The monoisotopic (exact) mass is 1110 g/mol. The minimum atomic E-state index is -3.88. The average molecular weight is 1110 g/mol. The van der Waals surface area contributed by atoms with Crippen LogP contribution < -0.4 is 26.4 Å². The van der Waals surface area contributed by atoms with Gasteiger partial charge in [0.1, 0.15) is 28.4 Å². The molecule has 3 unspecified atom stereocenters. The van der Waals surface area contributed by atoms with E-state index in [-0.39, 0.29) is 66.3 Å². The predicted molar refractivity (Wildman–Crippen MR) is 289 cm³/mol. The lowest BCUT2D eigenvalue weighted by molar-refractivity contribution is -0.157. The number of nitrogens with one attached hydrogen (secondary N) is 3. The van der Waals surface area contributed by atoms with Gasteiger partial charge in [0.2, 0.25) is 21.8 Å². The summed E-state index contributed by atoms with van der Waals surface area (Å²) in [5.41, 5.74) is 0.990. The van der Waals surface area contributed by atoms with Crippen molar-refractivity contribution in [3.63, 3.8) is 0 Å². The van der Waals surface area contributed by atoms with Crippen LogP contribution in [0.1, 0.15) is 120 Å². The lowest BCUT2D eigenvalue weighted by Gasteiger charge is -2.45. The van der Waals surface area contributed by atoms with Crippen molar-refractivity contribution in [1.29, 1.82) is 0 Å². The van der Waals surface area contributed by atoms with Gasteiger partial charge in [0, 0.05) is 62.0 Å². The molecule has 2 aromatic heterocycles. The van der Waals surface area contributed by atoms with Crippen LogP contribution in [0.3, 0.4) is 0 Å². The Kier molecular flexibility index (Phi) is 15.9. The number of hydrogen-bond donors (Lipinski definition) is 3. The van der Waals surface area contributed by atoms with Crippen LogP contribution in [-0.2, 0) is 46.7 Å². The lowest BCUT2D eigenvalue weighted by Crippen LogP contribution is -2.55. The zero-order valence-corrected chi connectivity index (χ0v) is 46.5. The molecule has 8 rings (SSSR count). The van der Waals surface area contributed by atoms with Gasteiger partial charge in [-0.2, -0.15) is 4.31 Å². The Bertz CT molecular complexity index is 3270. The van der Waals surface area contributed by atoms with Crippen LogP contribution in [0.15, 0.2) is 71.5 Å². The third kappa shape index (κ3) is 12.6. The summed E-state index contributed by atoms with van der Waals surface area (Å²) in [6.07, 6.45) is 0.0183. The van der Waals surface area contributed by atoms with Crippen LogP contribution in [0.25, 0.3) is 21.5 Å². The SMILES string of the molecule is Cn1c(=O)n(C2CCC(=O)NC2=O)c2ccc(C3CN(C(=O)Nc4cccc(CS(=O)(=O)N5CC[C@H](Nc6cccc(-c7sc(C(=O)OC(C)(C)C)c(OCC(=O)OC(C)(C)C)c7Cl)c6)CC5(C)C)c4)CCC3F)cc21. The van der Waals surface area contributed by atoms with Gasteiger partial charge in [-0.05, 0) is 134 Å². The summed E-state index contributed by atoms with van der Waals surface area (Å²) in [5.74, 6) is -3.26. The van der Waals surface area contributed by atoms with Crippen molar-refractivity contribution in [3.05, 3.63) is 98.2 Å². The number of imidazole rings is 1. The highest BCUT2D eigenvalue weighted by molar-refractivity contribution is 7.88. The number of urea groups is 1. The van der Waals surface area contributed by atoms with E-state index in [4.69, 9.17) is 25.8 Å². The summed E-state index contributed by atoms with van der Waals surface area (Å²) in [5, 5.41) is 8.89. The number of hydrogen-bond acceptors (Lipinski definition) is 13.